The number of hydrogen-bond acceptors (Lipinski definition) is 4. The van der Waals surface area contributed by atoms with Crippen LogP contribution in [0.15, 0.2) is 12.4 Å². The molecular weight excluding hydrogens is 235 g/mol. The van der Waals surface area contributed by atoms with Crippen molar-refractivity contribution < 1.29 is 0 Å². The fourth-order valence-corrected chi connectivity index (χ4v) is 1.64. The molecule has 0 aliphatic carbocycles. The van der Waals surface area contributed by atoms with Crippen molar-refractivity contribution >= 4 is 30.0 Å². The molecule has 2 rings (SSSR count). The van der Waals surface area contributed by atoms with Gasteiger partial charge in [0.25, 0.3) is 0 Å². The van der Waals surface area contributed by atoms with Crippen LogP contribution in [0.4, 0.5) is 5.95 Å². The first-order valence-corrected chi connectivity index (χ1v) is 5.17. The van der Waals surface area contributed by atoms with Gasteiger partial charge in [-0.1, -0.05) is 11.6 Å². The Labute approximate surface area is 100 Å². The fraction of sp³-hybridized carbons (Fsp3) is 0.556. The smallest absolute Gasteiger partial charge is 0.222 e. The van der Waals surface area contributed by atoms with Gasteiger partial charge in [0.2, 0.25) is 5.95 Å². The van der Waals surface area contributed by atoms with E-state index in [2.05, 4.69) is 20.6 Å². The van der Waals surface area contributed by atoms with Crippen LogP contribution in [0.25, 0.3) is 0 Å². The first kappa shape index (κ1) is 12.5. The molecule has 1 fully saturated rings. The summed E-state index contributed by atoms with van der Waals surface area (Å²) in [5.41, 5.74) is 0. The third kappa shape index (κ3) is 3.81. The highest BCUT2D eigenvalue weighted by Gasteiger charge is 2.12. The molecule has 0 saturated carbocycles. The zero-order valence-electron chi connectivity index (χ0n) is 8.24. The van der Waals surface area contributed by atoms with Crippen LogP contribution in [0.1, 0.15) is 12.8 Å². The van der Waals surface area contributed by atoms with E-state index < -0.39 is 0 Å². The number of nitrogens with zero attached hydrogens (tertiary/aromatic N) is 2. The van der Waals surface area contributed by atoms with Crippen LogP contribution in [-0.4, -0.2) is 29.1 Å². The lowest BCUT2D eigenvalue weighted by Gasteiger charge is -2.23. The molecule has 2 N–H and O–H groups in total. The molecule has 0 amide bonds. The summed E-state index contributed by atoms with van der Waals surface area (Å²) in [4.78, 5) is 8.18. The van der Waals surface area contributed by atoms with Crippen LogP contribution in [-0.2, 0) is 0 Å². The molecule has 84 valence electrons. The lowest BCUT2D eigenvalue weighted by atomic mass is 10.1. The molecule has 0 unspecified atom stereocenters. The monoisotopic (exact) mass is 248 g/mol. The summed E-state index contributed by atoms with van der Waals surface area (Å²) in [5.74, 6) is 0.656. The summed E-state index contributed by atoms with van der Waals surface area (Å²) in [6, 6.07) is 0.435. The molecule has 15 heavy (non-hydrogen) atoms. The van der Waals surface area contributed by atoms with Crippen molar-refractivity contribution in [2.24, 2.45) is 0 Å². The van der Waals surface area contributed by atoms with E-state index in [9.17, 15) is 0 Å². The standard InChI is InChI=1S/C9H13ClN4.ClH/c10-7-4-12-9(13-5-7)14-8-2-1-3-11-6-8;/h4-5,8,11H,1-3,6H2,(H,12,13,14);1H/t8-;/m1./s1. The van der Waals surface area contributed by atoms with Crippen LogP contribution < -0.4 is 10.6 Å². The first-order valence-electron chi connectivity index (χ1n) is 4.79. The van der Waals surface area contributed by atoms with Crippen LogP contribution in [0, 0.1) is 0 Å². The molecule has 1 aliphatic rings. The lowest BCUT2D eigenvalue weighted by Crippen LogP contribution is -2.38. The van der Waals surface area contributed by atoms with Gasteiger partial charge in [-0.05, 0) is 19.4 Å². The average molecular weight is 249 g/mol. The zero-order valence-corrected chi connectivity index (χ0v) is 9.81. The molecule has 1 aromatic heterocycles. The van der Waals surface area contributed by atoms with Gasteiger partial charge in [0.15, 0.2) is 0 Å². The van der Waals surface area contributed by atoms with E-state index in [1.54, 1.807) is 12.4 Å². The van der Waals surface area contributed by atoms with Gasteiger partial charge in [0.1, 0.15) is 0 Å². The molecule has 1 saturated heterocycles. The van der Waals surface area contributed by atoms with Crippen LogP contribution in [0.3, 0.4) is 0 Å². The van der Waals surface area contributed by atoms with E-state index in [-0.39, 0.29) is 12.4 Å². The summed E-state index contributed by atoms with van der Waals surface area (Å²) in [6.07, 6.45) is 5.57. The Hall–Kier alpha value is -0.580. The molecule has 1 aromatic rings. The highest BCUT2D eigenvalue weighted by molar-refractivity contribution is 6.30. The van der Waals surface area contributed by atoms with Gasteiger partial charge in [-0.15, -0.1) is 12.4 Å². The van der Waals surface area contributed by atoms with Crippen molar-refractivity contribution in [2.75, 3.05) is 18.4 Å². The molecule has 2 heterocycles. The quantitative estimate of drug-likeness (QED) is 0.837. The molecule has 0 spiro atoms. The summed E-state index contributed by atoms with van der Waals surface area (Å²) in [6.45, 7) is 2.09. The fourth-order valence-electron chi connectivity index (χ4n) is 1.54. The van der Waals surface area contributed by atoms with Gasteiger partial charge < -0.3 is 10.6 Å². The van der Waals surface area contributed by atoms with E-state index in [1.165, 1.54) is 12.8 Å². The Bertz CT molecular complexity index is 285. The molecule has 0 bridgehead atoms. The summed E-state index contributed by atoms with van der Waals surface area (Å²) in [5, 5.41) is 7.15. The van der Waals surface area contributed by atoms with Crippen molar-refractivity contribution in [1.29, 1.82) is 0 Å². The molecule has 1 atom stereocenters. The van der Waals surface area contributed by atoms with Crippen molar-refractivity contribution in [3.8, 4) is 0 Å². The molecule has 4 nitrogen and oxygen atoms in total. The predicted molar refractivity (Wildman–Crippen MR) is 63.8 cm³/mol. The molecule has 6 heteroatoms. The number of piperidine rings is 1. The Balaban J connectivity index is 0.00000112. The maximum Gasteiger partial charge on any atom is 0.222 e. The van der Waals surface area contributed by atoms with E-state index in [1.807, 2.05) is 0 Å². The Morgan fingerprint density at radius 2 is 2.13 bits per heavy atom. The predicted octanol–water partition coefficient (Wildman–Crippen LogP) is 1.72. The molecular formula is C9H14Cl2N4. The lowest BCUT2D eigenvalue weighted by molar-refractivity contribution is 0.478. The minimum Gasteiger partial charge on any atom is -0.350 e. The highest BCUT2D eigenvalue weighted by Crippen LogP contribution is 2.09. The van der Waals surface area contributed by atoms with Crippen LogP contribution >= 0.6 is 24.0 Å². The number of aromatic nitrogens is 2. The van der Waals surface area contributed by atoms with Gasteiger partial charge in [0.05, 0.1) is 17.4 Å². The number of nitrogens with one attached hydrogen (secondary N) is 2. The van der Waals surface area contributed by atoms with Crippen LogP contribution in [0.2, 0.25) is 5.02 Å². The van der Waals surface area contributed by atoms with Gasteiger partial charge in [-0.2, -0.15) is 0 Å². The number of halogens is 2. The molecule has 0 aromatic carbocycles. The van der Waals surface area contributed by atoms with Crippen LogP contribution in [0.5, 0.6) is 0 Å². The van der Waals surface area contributed by atoms with Gasteiger partial charge >= 0.3 is 0 Å². The SMILES string of the molecule is Cl.Clc1cnc(N[C@@H]2CCCNC2)nc1. The summed E-state index contributed by atoms with van der Waals surface area (Å²) < 4.78 is 0. The normalized spacial score (nSPS) is 20.5. The van der Waals surface area contributed by atoms with Crippen molar-refractivity contribution in [3.05, 3.63) is 17.4 Å². The second-order valence-corrected chi connectivity index (χ2v) is 3.85. The third-order valence-electron chi connectivity index (χ3n) is 2.25. The third-order valence-corrected chi connectivity index (χ3v) is 2.45. The maximum absolute atomic E-state index is 5.69. The van der Waals surface area contributed by atoms with Gasteiger partial charge in [-0.3, -0.25) is 0 Å². The average Bonchev–Trinajstić information content (AvgIpc) is 2.23. The molecule has 1 aliphatic heterocycles. The van der Waals surface area contributed by atoms with Crippen molar-refractivity contribution in [1.82, 2.24) is 15.3 Å². The maximum atomic E-state index is 5.69. The van der Waals surface area contributed by atoms with E-state index >= 15 is 0 Å². The van der Waals surface area contributed by atoms with E-state index in [4.69, 9.17) is 11.6 Å². The van der Waals surface area contributed by atoms with Gasteiger partial charge in [0, 0.05) is 12.6 Å². The summed E-state index contributed by atoms with van der Waals surface area (Å²) in [7, 11) is 0. The Morgan fingerprint density at radius 3 is 2.73 bits per heavy atom. The number of hydrogen-bond donors (Lipinski definition) is 2. The minimum atomic E-state index is 0. The van der Waals surface area contributed by atoms with Crippen molar-refractivity contribution in [2.45, 2.75) is 18.9 Å². The Morgan fingerprint density at radius 1 is 1.40 bits per heavy atom. The second kappa shape index (κ2) is 6.10. The zero-order chi connectivity index (χ0) is 9.80. The minimum absolute atomic E-state index is 0. The molecule has 0 radical (unpaired) electrons. The second-order valence-electron chi connectivity index (χ2n) is 3.41. The van der Waals surface area contributed by atoms with Crippen molar-refractivity contribution in [3.63, 3.8) is 0 Å². The van der Waals surface area contributed by atoms with Gasteiger partial charge in [-0.25, -0.2) is 9.97 Å². The number of anilines is 1. The highest BCUT2D eigenvalue weighted by atomic mass is 35.5. The number of rotatable bonds is 2. The largest absolute Gasteiger partial charge is 0.350 e. The first-order chi connectivity index (χ1) is 6.84. The Kier molecular flexibility index (Phi) is 5.08. The van der Waals surface area contributed by atoms with E-state index in [0.717, 1.165) is 13.1 Å². The van der Waals surface area contributed by atoms with E-state index in [0.29, 0.717) is 17.0 Å². The topological polar surface area (TPSA) is 49.8 Å². The summed E-state index contributed by atoms with van der Waals surface area (Å²) >= 11 is 5.69.